The monoisotopic (exact) mass is 545 g/mol. The van der Waals surface area contributed by atoms with Gasteiger partial charge in [0.1, 0.15) is 13.2 Å². The van der Waals surface area contributed by atoms with Gasteiger partial charge in [-0.15, -0.1) is 0 Å². The molecule has 0 saturated carbocycles. The number of nitrogens with zero attached hydrogens (tertiary/aromatic N) is 3. The second-order valence-electron chi connectivity index (χ2n) is 10.0. The number of benzene rings is 3. The number of fused-ring (bicyclic) bond motifs is 2. The predicted molar refractivity (Wildman–Crippen MR) is 149 cm³/mol. The molecule has 2 aliphatic heterocycles. The second-order valence-corrected chi connectivity index (χ2v) is 10.0. The van der Waals surface area contributed by atoms with Gasteiger partial charge in [0.25, 0.3) is 0 Å². The van der Waals surface area contributed by atoms with Gasteiger partial charge >= 0.3 is 12.2 Å². The zero-order valence-electron chi connectivity index (χ0n) is 22.9. The first-order valence-corrected chi connectivity index (χ1v) is 13.5. The molecule has 2 aliphatic rings. The van der Waals surface area contributed by atoms with Crippen LogP contribution in [-0.2, 0) is 29.1 Å². The first-order chi connectivity index (χ1) is 19.6. The van der Waals surface area contributed by atoms with Crippen LogP contribution in [-0.4, -0.2) is 73.0 Å². The van der Waals surface area contributed by atoms with Gasteiger partial charge in [-0.3, -0.25) is 4.90 Å². The highest BCUT2D eigenvalue weighted by atomic mass is 16.6. The van der Waals surface area contributed by atoms with Crippen LogP contribution in [0.25, 0.3) is 0 Å². The molecule has 0 N–H and O–H groups in total. The van der Waals surface area contributed by atoms with Gasteiger partial charge < -0.3 is 18.9 Å². The Morgan fingerprint density at radius 1 is 0.700 bits per heavy atom. The minimum absolute atomic E-state index is 0.128. The van der Waals surface area contributed by atoms with Gasteiger partial charge in [-0.2, -0.15) is 0 Å². The third-order valence-electron chi connectivity index (χ3n) is 7.35. The summed E-state index contributed by atoms with van der Waals surface area (Å²) in [5.41, 5.74) is 2.88. The zero-order chi connectivity index (χ0) is 27.9. The molecular formula is C31H35N3O6. The van der Waals surface area contributed by atoms with Crippen LogP contribution in [0.4, 0.5) is 9.59 Å². The number of amides is 2. The first kappa shape index (κ1) is 27.3. The fraction of sp³-hybridized carbons (Fsp3) is 0.355. The summed E-state index contributed by atoms with van der Waals surface area (Å²) in [6.07, 6.45) is 0.370. The number of hydrogen-bond donors (Lipinski definition) is 0. The number of rotatable bonds is 9. The van der Waals surface area contributed by atoms with Gasteiger partial charge in [0.05, 0.1) is 26.3 Å². The summed E-state index contributed by atoms with van der Waals surface area (Å²) in [7, 11) is 3.25. The van der Waals surface area contributed by atoms with Crippen molar-refractivity contribution in [2.24, 2.45) is 0 Å². The number of hydrogen-bond acceptors (Lipinski definition) is 7. The minimum atomic E-state index is -0.547. The number of piperidine rings is 1. The molecule has 2 atom stereocenters. The molecule has 210 valence electrons. The summed E-state index contributed by atoms with van der Waals surface area (Å²) in [6, 6.07) is 24.5. The highest BCUT2D eigenvalue weighted by Crippen LogP contribution is 2.33. The largest absolute Gasteiger partial charge is 0.493 e. The Bertz CT molecular complexity index is 1220. The summed E-state index contributed by atoms with van der Waals surface area (Å²) >= 11 is 0. The van der Waals surface area contributed by atoms with Crippen molar-refractivity contribution in [3.63, 3.8) is 0 Å². The molecule has 0 spiro atoms. The number of hydrazine groups is 1. The van der Waals surface area contributed by atoms with E-state index in [9.17, 15) is 9.59 Å². The number of likely N-dealkylation sites (tertiary alicyclic amines) is 1. The fourth-order valence-corrected chi connectivity index (χ4v) is 5.39. The molecule has 0 unspecified atom stereocenters. The molecule has 0 aliphatic carbocycles. The maximum absolute atomic E-state index is 13.4. The van der Waals surface area contributed by atoms with E-state index in [-0.39, 0.29) is 25.3 Å². The Balaban J connectivity index is 1.28. The Kier molecular flexibility index (Phi) is 8.71. The number of ether oxygens (including phenoxy) is 4. The van der Waals surface area contributed by atoms with Gasteiger partial charge in [-0.05, 0) is 41.7 Å². The maximum atomic E-state index is 13.4. The predicted octanol–water partition coefficient (Wildman–Crippen LogP) is 4.90. The fourth-order valence-electron chi connectivity index (χ4n) is 5.39. The molecule has 3 aromatic carbocycles. The highest BCUT2D eigenvalue weighted by Gasteiger charge is 2.50. The van der Waals surface area contributed by atoms with E-state index in [1.165, 1.54) is 10.0 Å². The Hall–Kier alpha value is -4.24. The lowest BCUT2D eigenvalue weighted by Crippen LogP contribution is -2.50. The summed E-state index contributed by atoms with van der Waals surface area (Å²) in [4.78, 5) is 29.0. The number of carbonyl (C=O) groups is 2. The maximum Gasteiger partial charge on any atom is 0.429 e. The van der Waals surface area contributed by atoms with Crippen molar-refractivity contribution in [2.75, 3.05) is 33.9 Å². The second kappa shape index (κ2) is 12.7. The molecule has 0 aromatic heterocycles. The van der Waals surface area contributed by atoms with Gasteiger partial charge in [0.2, 0.25) is 0 Å². The van der Waals surface area contributed by atoms with Gasteiger partial charge in [0, 0.05) is 19.6 Å². The lowest BCUT2D eigenvalue weighted by molar-refractivity contribution is -0.0199. The van der Waals surface area contributed by atoms with E-state index >= 15 is 0 Å². The smallest absolute Gasteiger partial charge is 0.429 e. The molecule has 9 nitrogen and oxygen atoms in total. The third-order valence-corrected chi connectivity index (χ3v) is 7.35. The summed E-state index contributed by atoms with van der Waals surface area (Å²) in [5, 5.41) is 2.94. The molecule has 2 saturated heterocycles. The molecule has 2 amide bonds. The molecule has 40 heavy (non-hydrogen) atoms. The summed E-state index contributed by atoms with van der Waals surface area (Å²) < 4.78 is 22.1. The van der Waals surface area contributed by atoms with Crippen molar-refractivity contribution >= 4 is 12.2 Å². The van der Waals surface area contributed by atoms with E-state index in [4.69, 9.17) is 18.9 Å². The third kappa shape index (κ3) is 6.31. The van der Waals surface area contributed by atoms with Gasteiger partial charge in [-0.25, -0.2) is 19.6 Å². The standard InChI is InChI=1S/C31H35N3O6/c1-37-28-14-13-23(17-29(28)38-2)15-16-32-19-26-18-27(20-32)34(31(36)40-22-25-11-7-4-8-12-25)33(26)30(35)39-21-24-9-5-3-6-10-24/h3-14,17,26-27H,15-16,18-22H2,1-2H3/t26-,27+. The van der Waals surface area contributed by atoms with Crippen LogP contribution < -0.4 is 9.47 Å². The summed E-state index contributed by atoms with van der Waals surface area (Å²) in [5.74, 6) is 1.38. The summed E-state index contributed by atoms with van der Waals surface area (Å²) in [6.45, 7) is 2.29. The van der Waals surface area contributed by atoms with Crippen molar-refractivity contribution in [2.45, 2.75) is 38.1 Å². The van der Waals surface area contributed by atoms with E-state index in [0.717, 1.165) is 29.7 Å². The molecule has 2 fully saturated rings. The lowest BCUT2D eigenvalue weighted by atomic mass is 10.0. The first-order valence-electron chi connectivity index (χ1n) is 13.5. The minimum Gasteiger partial charge on any atom is -0.493 e. The van der Waals surface area contributed by atoms with Crippen LogP contribution in [0, 0.1) is 0 Å². The zero-order valence-corrected chi connectivity index (χ0v) is 22.9. The van der Waals surface area contributed by atoms with E-state index < -0.39 is 12.2 Å². The molecule has 5 rings (SSSR count). The van der Waals surface area contributed by atoms with Gasteiger partial charge in [-0.1, -0.05) is 66.7 Å². The van der Waals surface area contributed by atoms with Crippen molar-refractivity contribution in [1.29, 1.82) is 0 Å². The van der Waals surface area contributed by atoms with Crippen LogP contribution in [0.15, 0.2) is 78.9 Å². The average molecular weight is 546 g/mol. The van der Waals surface area contributed by atoms with Crippen molar-refractivity contribution in [1.82, 2.24) is 14.9 Å². The Morgan fingerprint density at radius 2 is 1.23 bits per heavy atom. The molecule has 2 heterocycles. The normalized spacial score (nSPS) is 18.4. The van der Waals surface area contributed by atoms with E-state index in [0.29, 0.717) is 31.0 Å². The topological polar surface area (TPSA) is 80.8 Å². The van der Waals surface area contributed by atoms with Crippen molar-refractivity contribution in [3.8, 4) is 11.5 Å². The van der Waals surface area contributed by atoms with Gasteiger partial charge in [0.15, 0.2) is 11.5 Å². The van der Waals surface area contributed by atoms with E-state index in [1.807, 2.05) is 78.9 Å². The van der Waals surface area contributed by atoms with Crippen LogP contribution in [0.1, 0.15) is 23.1 Å². The van der Waals surface area contributed by atoms with Crippen LogP contribution in [0.5, 0.6) is 11.5 Å². The van der Waals surface area contributed by atoms with Crippen molar-refractivity contribution < 1.29 is 28.5 Å². The number of carbonyl (C=O) groups excluding carboxylic acids is 2. The molecule has 3 aromatic rings. The molecule has 2 bridgehead atoms. The Morgan fingerprint density at radius 3 is 1.73 bits per heavy atom. The lowest BCUT2D eigenvalue weighted by Gasteiger charge is -2.30. The van der Waals surface area contributed by atoms with E-state index in [1.54, 1.807) is 14.2 Å². The highest BCUT2D eigenvalue weighted by molar-refractivity contribution is 5.76. The SMILES string of the molecule is COc1ccc(CCN2C[C@H]3C[C@@H](C2)N(C(=O)OCc2ccccc2)N3C(=O)OCc2ccccc2)cc1OC. The molecule has 0 radical (unpaired) electrons. The average Bonchev–Trinajstić information content (AvgIpc) is 3.27. The number of methoxy groups -OCH3 is 2. The van der Waals surface area contributed by atoms with Crippen LogP contribution >= 0.6 is 0 Å². The van der Waals surface area contributed by atoms with Crippen LogP contribution in [0.2, 0.25) is 0 Å². The quantitative estimate of drug-likeness (QED) is 0.379. The molecule has 9 heteroatoms. The molecular weight excluding hydrogens is 510 g/mol. The van der Waals surface area contributed by atoms with Crippen molar-refractivity contribution in [3.05, 3.63) is 95.6 Å². The Labute approximate surface area is 234 Å². The van der Waals surface area contributed by atoms with E-state index in [2.05, 4.69) is 4.90 Å². The van der Waals surface area contributed by atoms with Crippen LogP contribution in [0.3, 0.4) is 0 Å².